The Balaban J connectivity index is 1.68. The molecule has 0 unspecified atom stereocenters. The van der Waals surface area contributed by atoms with Crippen LogP contribution in [-0.2, 0) is 6.54 Å². The standard InChI is InChI=1S/C24H28NP/c1-20(25-19-22-12-6-3-7-13-22)18-21(2)26(23-14-8-4-9-15-23)24-16-10-5-11-17-24/h3-17,20-21,25H,18-19H2,1-2H3/t20-,21-/m0/s1. The van der Waals surface area contributed by atoms with E-state index in [1.807, 2.05) is 0 Å². The molecule has 3 aromatic carbocycles. The van der Waals surface area contributed by atoms with Gasteiger partial charge in [0.25, 0.3) is 0 Å². The van der Waals surface area contributed by atoms with Gasteiger partial charge in [0.15, 0.2) is 0 Å². The van der Waals surface area contributed by atoms with Gasteiger partial charge >= 0.3 is 0 Å². The minimum Gasteiger partial charge on any atom is -0.310 e. The zero-order valence-electron chi connectivity index (χ0n) is 15.7. The Labute approximate surface area is 159 Å². The maximum absolute atomic E-state index is 3.70. The Kier molecular flexibility index (Phi) is 7.00. The predicted molar refractivity (Wildman–Crippen MR) is 116 cm³/mol. The van der Waals surface area contributed by atoms with E-state index in [1.54, 1.807) is 0 Å². The Morgan fingerprint density at radius 3 is 1.65 bits per heavy atom. The molecule has 26 heavy (non-hydrogen) atoms. The van der Waals surface area contributed by atoms with Crippen molar-refractivity contribution in [2.24, 2.45) is 0 Å². The zero-order valence-corrected chi connectivity index (χ0v) is 16.6. The van der Waals surface area contributed by atoms with E-state index in [1.165, 1.54) is 22.6 Å². The van der Waals surface area contributed by atoms with Gasteiger partial charge in [-0.05, 0) is 43.1 Å². The summed E-state index contributed by atoms with van der Waals surface area (Å²) >= 11 is 0. The van der Waals surface area contributed by atoms with Gasteiger partial charge < -0.3 is 5.32 Å². The molecule has 0 aromatic heterocycles. The summed E-state index contributed by atoms with van der Waals surface area (Å²) in [6.45, 7) is 5.65. The fourth-order valence-electron chi connectivity index (χ4n) is 3.42. The SMILES string of the molecule is C[C@@H](C[C@H](C)P(c1ccccc1)c1ccccc1)NCc1ccccc1. The molecule has 0 saturated carbocycles. The van der Waals surface area contributed by atoms with Crippen LogP contribution >= 0.6 is 7.92 Å². The van der Waals surface area contributed by atoms with Gasteiger partial charge in [-0.15, -0.1) is 0 Å². The van der Waals surface area contributed by atoms with E-state index < -0.39 is 0 Å². The van der Waals surface area contributed by atoms with E-state index >= 15 is 0 Å². The number of hydrogen-bond acceptors (Lipinski definition) is 1. The molecule has 0 aliphatic heterocycles. The predicted octanol–water partition coefficient (Wildman–Crippen LogP) is 5.08. The van der Waals surface area contributed by atoms with Crippen LogP contribution in [0.2, 0.25) is 0 Å². The maximum Gasteiger partial charge on any atom is 0.0207 e. The van der Waals surface area contributed by atoms with E-state index in [0.29, 0.717) is 11.7 Å². The topological polar surface area (TPSA) is 12.0 Å². The number of rotatable bonds is 8. The molecule has 0 saturated heterocycles. The van der Waals surface area contributed by atoms with Crippen LogP contribution in [0.3, 0.4) is 0 Å². The largest absolute Gasteiger partial charge is 0.310 e. The maximum atomic E-state index is 3.70. The molecule has 0 bridgehead atoms. The molecule has 3 aromatic rings. The smallest absolute Gasteiger partial charge is 0.0207 e. The number of hydrogen-bond donors (Lipinski definition) is 1. The molecule has 0 radical (unpaired) electrons. The number of benzene rings is 3. The lowest BCUT2D eigenvalue weighted by Crippen LogP contribution is -2.30. The van der Waals surface area contributed by atoms with Crippen molar-refractivity contribution in [3.8, 4) is 0 Å². The summed E-state index contributed by atoms with van der Waals surface area (Å²) in [6.07, 6.45) is 1.17. The minimum atomic E-state index is -0.350. The summed E-state index contributed by atoms with van der Waals surface area (Å²) in [4.78, 5) is 0. The van der Waals surface area contributed by atoms with Gasteiger partial charge in [-0.2, -0.15) is 0 Å². The van der Waals surface area contributed by atoms with Crippen LogP contribution in [0.1, 0.15) is 25.8 Å². The summed E-state index contributed by atoms with van der Waals surface area (Å²) in [7, 11) is -0.350. The Bertz CT molecular complexity index is 718. The highest BCUT2D eigenvalue weighted by molar-refractivity contribution is 7.73. The van der Waals surface area contributed by atoms with Crippen molar-refractivity contribution in [2.45, 2.75) is 38.5 Å². The van der Waals surface area contributed by atoms with Crippen LogP contribution in [0.25, 0.3) is 0 Å². The van der Waals surface area contributed by atoms with E-state index in [9.17, 15) is 0 Å². The third kappa shape index (κ3) is 5.27. The highest BCUT2D eigenvalue weighted by Crippen LogP contribution is 2.41. The van der Waals surface area contributed by atoms with E-state index in [4.69, 9.17) is 0 Å². The third-order valence-electron chi connectivity index (χ3n) is 4.70. The monoisotopic (exact) mass is 361 g/mol. The average Bonchev–Trinajstić information content (AvgIpc) is 2.69. The van der Waals surface area contributed by atoms with Gasteiger partial charge in [-0.1, -0.05) is 97.9 Å². The molecule has 0 heterocycles. The summed E-state index contributed by atoms with van der Waals surface area (Å²) in [6, 6.07) is 33.2. The molecule has 0 spiro atoms. The highest BCUT2D eigenvalue weighted by Gasteiger charge is 2.22. The van der Waals surface area contributed by atoms with Crippen LogP contribution in [0.4, 0.5) is 0 Å². The lowest BCUT2D eigenvalue weighted by atomic mass is 10.1. The molecule has 0 aliphatic carbocycles. The lowest BCUT2D eigenvalue weighted by Gasteiger charge is -2.28. The summed E-state index contributed by atoms with van der Waals surface area (Å²) < 4.78 is 0. The van der Waals surface area contributed by atoms with Crippen molar-refractivity contribution >= 4 is 18.5 Å². The normalized spacial score (nSPS) is 13.5. The van der Waals surface area contributed by atoms with Crippen molar-refractivity contribution in [3.63, 3.8) is 0 Å². The van der Waals surface area contributed by atoms with Crippen LogP contribution in [0, 0.1) is 0 Å². The molecular weight excluding hydrogens is 333 g/mol. The Morgan fingerprint density at radius 1 is 0.692 bits per heavy atom. The molecule has 0 aliphatic rings. The lowest BCUT2D eigenvalue weighted by molar-refractivity contribution is 0.512. The van der Waals surface area contributed by atoms with Crippen molar-refractivity contribution in [2.75, 3.05) is 0 Å². The summed E-state index contributed by atoms with van der Waals surface area (Å²) in [5.74, 6) is 0. The van der Waals surface area contributed by atoms with Gasteiger partial charge in [0.2, 0.25) is 0 Å². The Hall–Kier alpha value is -1.95. The fraction of sp³-hybridized carbons (Fsp3) is 0.250. The van der Waals surface area contributed by atoms with Gasteiger partial charge in [0.05, 0.1) is 0 Å². The third-order valence-corrected chi connectivity index (χ3v) is 7.50. The molecule has 0 fully saturated rings. The van der Waals surface area contributed by atoms with Gasteiger partial charge in [0.1, 0.15) is 0 Å². The first kappa shape index (κ1) is 18.8. The van der Waals surface area contributed by atoms with E-state index in [2.05, 4.69) is 110 Å². The van der Waals surface area contributed by atoms with Crippen molar-refractivity contribution in [3.05, 3.63) is 96.6 Å². The first-order chi connectivity index (χ1) is 12.7. The molecule has 1 N–H and O–H groups in total. The van der Waals surface area contributed by atoms with Crippen molar-refractivity contribution in [1.29, 1.82) is 0 Å². The van der Waals surface area contributed by atoms with Crippen LogP contribution in [-0.4, -0.2) is 11.7 Å². The highest BCUT2D eigenvalue weighted by atomic mass is 31.1. The molecule has 3 rings (SSSR count). The van der Waals surface area contributed by atoms with E-state index in [-0.39, 0.29) is 7.92 Å². The average molecular weight is 361 g/mol. The van der Waals surface area contributed by atoms with Crippen LogP contribution < -0.4 is 15.9 Å². The summed E-state index contributed by atoms with van der Waals surface area (Å²) in [5.41, 5.74) is 1.97. The molecule has 2 heteroatoms. The van der Waals surface area contributed by atoms with Gasteiger partial charge in [-0.25, -0.2) is 0 Å². The molecular formula is C24H28NP. The fourth-order valence-corrected chi connectivity index (χ4v) is 6.25. The first-order valence-corrected chi connectivity index (χ1v) is 10.8. The number of nitrogens with one attached hydrogen (secondary N) is 1. The van der Waals surface area contributed by atoms with E-state index in [0.717, 1.165) is 6.54 Å². The molecule has 2 atom stereocenters. The second kappa shape index (κ2) is 9.67. The quantitative estimate of drug-likeness (QED) is 0.552. The van der Waals surface area contributed by atoms with Gasteiger partial charge in [-0.3, -0.25) is 0 Å². The second-order valence-electron chi connectivity index (χ2n) is 6.89. The van der Waals surface area contributed by atoms with Gasteiger partial charge in [0, 0.05) is 12.6 Å². The molecule has 0 amide bonds. The van der Waals surface area contributed by atoms with Crippen molar-refractivity contribution < 1.29 is 0 Å². The van der Waals surface area contributed by atoms with Crippen LogP contribution in [0.15, 0.2) is 91.0 Å². The van der Waals surface area contributed by atoms with Crippen LogP contribution in [0.5, 0.6) is 0 Å². The Morgan fingerprint density at radius 2 is 1.15 bits per heavy atom. The van der Waals surface area contributed by atoms with Crippen molar-refractivity contribution in [1.82, 2.24) is 5.32 Å². The summed E-state index contributed by atoms with van der Waals surface area (Å²) in [5, 5.41) is 6.64. The second-order valence-corrected chi connectivity index (χ2v) is 9.55. The minimum absolute atomic E-state index is 0.350. The zero-order chi connectivity index (χ0) is 18.2. The first-order valence-electron chi connectivity index (χ1n) is 9.40. The molecule has 134 valence electrons. The molecule has 1 nitrogen and oxygen atoms in total.